The zero-order chi connectivity index (χ0) is 25.0. The highest BCUT2D eigenvalue weighted by atomic mass is 16.5. The molecule has 2 bridgehead atoms. The summed E-state index contributed by atoms with van der Waals surface area (Å²) in [7, 11) is 3.55. The molecule has 6 heteroatoms. The summed E-state index contributed by atoms with van der Waals surface area (Å²) in [5.41, 5.74) is 3.23. The minimum absolute atomic E-state index is 0.0816. The lowest BCUT2D eigenvalue weighted by atomic mass is 9.51. The van der Waals surface area contributed by atoms with Crippen LogP contribution in [0.3, 0.4) is 0 Å². The Morgan fingerprint density at radius 2 is 2.00 bits per heavy atom. The van der Waals surface area contributed by atoms with E-state index in [9.17, 15) is 9.59 Å². The summed E-state index contributed by atoms with van der Waals surface area (Å²) < 4.78 is 12.5. The van der Waals surface area contributed by atoms with Crippen molar-refractivity contribution in [2.75, 3.05) is 27.2 Å². The summed E-state index contributed by atoms with van der Waals surface area (Å²) in [6, 6.07) is 14.0. The number of carbonyl (C=O) groups is 2. The maximum absolute atomic E-state index is 13.2. The summed E-state index contributed by atoms with van der Waals surface area (Å²) in [4.78, 5) is 29.5. The predicted molar refractivity (Wildman–Crippen MR) is 136 cm³/mol. The number of likely N-dealkylation sites (N-methyl/N-ethyl adjacent to an activating group) is 1. The number of rotatable bonds is 4. The Hall–Kier alpha value is -3.30. The number of nitrogens with zero attached hydrogens (tertiary/aromatic N) is 2. The summed E-state index contributed by atoms with van der Waals surface area (Å²) in [5, 5.41) is 0. The third-order valence-electron chi connectivity index (χ3n) is 8.94. The smallest absolute Gasteiger partial charge is 0.298 e. The highest BCUT2D eigenvalue weighted by Crippen LogP contribution is 2.64. The molecule has 0 radical (unpaired) electrons. The number of piperidine rings is 1. The van der Waals surface area contributed by atoms with Gasteiger partial charge in [0.05, 0.1) is 19.7 Å². The number of ketones is 1. The van der Waals surface area contributed by atoms with E-state index in [-0.39, 0.29) is 29.3 Å². The van der Waals surface area contributed by atoms with Gasteiger partial charge in [-0.2, -0.15) is 0 Å². The first kappa shape index (κ1) is 23.1. The Balaban J connectivity index is 1.38. The molecule has 6 rings (SSSR count). The molecule has 1 spiro atoms. The van der Waals surface area contributed by atoms with E-state index in [1.54, 1.807) is 18.9 Å². The highest BCUT2D eigenvalue weighted by molar-refractivity contribution is 5.94. The van der Waals surface area contributed by atoms with Crippen molar-refractivity contribution < 1.29 is 19.1 Å². The molecule has 2 aliphatic carbocycles. The molecule has 1 amide bonds. The SMILES string of the molecule is COc1ccc2c3c1O[C@H]1[C@@H](N(C)C(=O)C#Cc4ccccc4)CC[C@H]4[C@@H](C2)N(CC(C)=O)CC[C@@]341. The van der Waals surface area contributed by atoms with E-state index < -0.39 is 0 Å². The van der Waals surface area contributed by atoms with E-state index in [0.717, 1.165) is 49.3 Å². The Labute approximate surface area is 212 Å². The van der Waals surface area contributed by atoms with Crippen LogP contribution in [0.15, 0.2) is 42.5 Å². The Morgan fingerprint density at radius 3 is 2.75 bits per heavy atom. The number of carbonyl (C=O) groups excluding carboxylic acids is 2. The van der Waals surface area contributed by atoms with Gasteiger partial charge in [0.1, 0.15) is 11.9 Å². The summed E-state index contributed by atoms with van der Waals surface area (Å²) in [6.45, 7) is 3.03. The molecule has 5 atom stereocenters. The van der Waals surface area contributed by atoms with Crippen molar-refractivity contribution in [3.8, 4) is 23.3 Å². The van der Waals surface area contributed by atoms with Gasteiger partial charge < -0.3 is 14.4 Å². The molecule has 2 aliphatic heterocycles. The molecule has 186 valence electrons. The molecule has 0 N–H and O–H groups in total. The molecule has 1 saturated heterocycles. The van der Waals surface area contributed by atoms with Crippen LogP contribution in [0.5, 0.6) is 11.5 Å². The van der Waals surface area contributed by atoms with Crippen LogP contribution in [0.2, 0.25) is 0 Å². The first-order valence-electron chi connectivity index (χ1n) is 12.9. The van der Waals surface area contributed by atoms with E-state index in [1.807, 2.05) is 43.4 Å². The van der Waals surface area contributed by atoms with E-state index in [0.29, 0.717) is 18.5 Å². The molecule has 2 aromatic carbocycles. The van der Waals surface area contributed by atoms with Gasteiger partial charge in [0.2, 0.25) is 0 Å². The van der Waals surface area contributed by atoms with Crippen LogP contribution in [-0.2, 0) is 21.4 Å². The van der Waals surface area contributed by atoms with E-state index in [2.05, 4.69) is 22.8 Å². The van der Waals surface area contributed by atoms with Crippen LogP contribution in [0, 0.1) is 17.8 Å². The van der Waals surface area contributed by atoms with Gasteiger partial charge in [-0.25, -0.2) is 0 Å². The quantitative estimate of drug-likeness (QED) is 0.624. The molecule has 0 unspecified atom stereocenters. The lowest BCUT2D eigenvalue weighted by Gasteiger charge is -2.60. The van der Waals surface area contributed by atoms with Crippen molar-refractivity contribution >= 4 is 11.7 Å². The van der Waals surface area contributed by atoms with Crippen molar-refractivity contribution in [3.05, 3.63) is 59.2 Å². The predicted octanol–water partition coefficient (Wildman–Crippen LogP) is 3.20. The Morgan fingerprint density at radius 1 is 1.19 bits per heavy atom. The molecule has 2 heterocycles. The van der Waals surface area contributed by atoms with Crippen molar-refractivity contribution in [2.24, 2.45) is 5.92 Å². The molecular weight excluding hydrogens is 452 g/mol. The van der Waals surface area contributed by atoms with Crippen molar-refractivity contribution in [1.82, 2.24) is 9.80 Å². The molecule has 0 aromatic heterocycles. The monoisotopic (exact) mass is 484 g/mol. The van der Waals surface area contributed by atoms with Gasteiger partial charge in [0.15, 0.2) is 11.5 Å². The lowest BCUT2D eigenvalue weighted by Crippen LogP contribution is -2.69. The number of hydrogen-bond donors (Lipinski definition) is 0. The first-order chi connectivity index (χ1) is 17.4. The first-order valence-corrected chi connectivity index (χ1v) is 12.9. The molecule has 4 aliphatic rings. The normalized spacial score (nSPS) is 29.3. The molecular formula is C30H32N2O4. The molecule has 2 fully saturated rings. The van der Waals surface area contributed by atoms with Gasteiger partial charge in [-0.05, 0) is 68.8 Å². The van der Waals surface area contributed by atoms with Crippen molar-refractivity contribution in [3.63, 3.8) is 0 Å². The third kappa shape index (κ3) is 3.37. The van der Waals surface area contributed by atoms with Gasteiger partial charge >= 0.3 is 0 Å². The largest absolute Gasteiger partial charge is 0.493 e. The van der Waals surface area contributed by atoms with E-state index in [4.69, 9.17) is 9.47 Å². The zero-order valence-electron chi connectivity index (χ0n) is 21.1. The van der Waals surface area contributed by atoms with Gasteiger partial charge in [0, 0.05) is 35.6 Å². The standard InChI is InChI=1S/C30H32N2O4/c1-19(33)18-32-16-15-30-22-11-12-23(31(2)26(34)14-9-20-7-5-4-6-8-20)29(30)36-28-25(35-3)13-10-21(27(28)30)17-24(22)32/h4-8,10,13,22-24,29H,11-12,15-18H2,1-3H3/t22-,23-,24+,29-,30-/m0/s1. The van der Waals surface area contributed by atoms with Gasteiger partial charge in [0.25, 0.3) is 5.91 Å². The van der Waals surface area contributed by atoms with Gasteiger partial charge in [-0.15, -0.1) is 0 Å². The van der Waals surface area contributed by atoms with Crippen LogP contribution in [0.4, 0.5) is 0 Å². The van der Waals surface area contributed by atoms with Gasteiger partial charge in [-0.3, -0.25) is 14.5 Å². The van der Waals surface area contributed by atoms with Gasteiger partial charge in [-0.1, -0.05) is 30.2 Å². The minimum Gasteiger partial charge on any atom is -0.493 e. The number of amides is 1. The third-order valence-corrected chi connectivity index (χ3v) is 8.94. The number of ether oxygens (including phenoxy) is 2. The summed E-state index contributed by atoms with van der Waals surface area (Å²) in [6.07, 6.45) is 3.51. The van der Waals surface area contributed by atoms with Crippen LogP contribution in [0.1, 0.15) is 42.9 Å². The zero-order valence-corrected chi connectivity index (χ0v) is 21.1. The Kier molecular flexibility index (Phi) is 5.57. The Bertz CT molecular complexity index is 1280. The molecule has 36 heavy (non-hydrogen) atoms. The fraction of sp³-hybridized carbons (Fsp3) is 0.467. The number of benzene rings is 2. The van der Waals surface area contributed by atoms with Crippen LogP contribution < -0.4 is 9.47 Å². The minimum atomic E-state index is -0.188. The van der Waals surface area contributed by atoms with Crippen molar-refractivity contribution in [1.29, 1.82) is 0 Å². The van der Waals surface area contributed by atoms with E-state index in [1.165, 1.54) is 11.1 Å². The van der Waals surface area contributed by atoms with Crippen LogP contribution in [0.25, 0.3) is 0 Å². The fourth-order valence-corrected chi connectivity index (χ4v) is 7.51. The van der Waals surface area contributed by atoms with Crippen LogP contribution >= 0.6 is 0 Å². The number of hydrogen-bond acceptors (Lipinski definition) is 5. The fourth-order valence-electron chi connectivity index (χ4n) is 7.51. The second-order valence-corrected chi connectivity index (χ2v) is 10.7. The summed E-state index contributed by atoms with van der Waals surface area (Å²) in [5.74, 6) is 7.88. The summed E-state index contributed by atoms with van der Waals surface area (Å²) >= 11 is 0. The van der Waals surface area contributed by atoms with E-state index >= 15 is 0 Å². The maximum Gasteiger partial charge on any atom is 0.298 e. The average molecular weight is 485 g/mol. The second kappa shape index (κ2) is 8.67. The second-order valence-electron chi connectivity index (χ2n) is 10.7. The number of methoxy groups -OCH3 is 1. The molecule has 2 aromatic rings. The topological polar surface area (TPSA) is 59.1 Å². The maximum atomic E-state index is 13.2. The van der Waals surface area contributed by atoms with Crippen molar-refractivity contribution in [2.45, 2.75) is 56.2 Å². The number of Topliss-reactive ketones (excluding diaryl/α,β-unsaturated/α-hetero) is 1. The lowest BCUT2D eigenvalue weighted by molar-refractivity contribution is -0.136. The number of likely N-dealkylation sites (tertiary alicyclic amines) is 1. The molecule has 6 nitrogen and oxygen atoms in total. The van der Waals surface area contributed by atoms with Crippen LogP contribution in [-0.4, -0.2) is 66.9 Å². The highest BCUT2D eigenvalue weighted by Gasteiger charge is 2.66. The molecule has 1 saturated carbocycles. The average Bonchev–Trinajstić information content (AvgIpc) is 3.23.